The lowest BCUT2D eigenvalue weighted by Crippen LogP contribution is -2.52. The Bertz CT molecular complexity index is 1270. The van der Waals surface area contributed by atoms with Crippen LogP contribution in [0.2, 0.25) is 0 Å². The van der Waals surface area contributed by atoms with E-state index in [1.807, 2.05) is 12.1 Å². The molecule has 0 spiro atoms. The van der Waals surface area contributed by atoms with Crippen LogP contribution >= 0.6 is 0 Å². The van der Waals surface area contributed by atoms with Crippen LogP contribution in [0.3, 0.4) is 0 Å². The van der Waals surface area contributed by atoms with Gasteiger partial charge in [0.15, 0.2) is 11.5 Å². The number of nitrogens with one attached hydrogen (secondary N) is 1. The van der Waals surface area contributed by atoms with Crippen LogP contribution in [-0.2, 0) is 9.59 Å². The number of phenols is 1. The van der Waals surface area contributed by atoms with Crippen LogP contribution in [0, 0.1) is 0 Å². The molecule has 3 aromatic carbocycles. The fourth-order valence-corrected chi connectivity index (χ4v) is 5.06. The minimum atomic E-state index is -1.02. The number of carbonyl (C=O) groups excluding carboxylic acids is 2. The van der Waals surface area contributed by atoms with Crippen LogP contribution in [0.1, 0.15) is 43.7 Å². The van der Waals surface area contributed by atoms with E-state index >= 15 is 0 Å². The molecule has 1 heterocycles. The molecular weight excluding hydrogens is 484 g/mol. The number of para-hydroxylation sites is 2. The van der Waals surface area contributed by atoms with Gasteiger partial charge in [0.2, 0.25) is 12.0 Å². The number of hydrogen-bond acceptors (Lipinski definition) is 6. The molecule has 8 heteroatoms. The summed E-state index contributed by atoms with van der Waals surface area (Å²) in [6.45, 7) is 0.00283. The summed E-state index contributed by atoms with van der Waals surface area (Å²) in [5.41, 5.74) is 1.04. The van der Waals surface area contributed by atoms with E-state index in [0.29, 0.717) is 28.5 Å². The summed E-state index contributed by atoms with van der Waals surface area (Å²) < 4.78 is 17.3. The van der Waals surface area contributed by atoms with Crippen molar-refractivity contribution < 1.29 is 28.9 Å². The number of anilines is 1. The van der Waals surface area contributed by atoms with Crippen molar-refractivity contribution in [2.24, 2.45) is 0 Å². The third-order valence-electron chi connectivity index (χ3n) is 7.02. The van der Waals surface area contributed by atoms with Crippen LogP contribution in [0.25, 0.3) is 0 Å². The average molecular weight is 517 g/mol. The van der Waals surface area contributed by atoms with Gasteiger partial charge in [-0.2, -0.15) is 0 Å². The first kappa shape index (κ1) is 25.4. The second-order valence-corrected chi connectivity index (χ2v) is 9.61. The summed E-state index contributed by atoms with van der Waals surface area (Å²) in [7, 11) is 1.55. The fourth-order valence-electron chi connectivity index (χ4n) is 5.06. The second kappa shape index (κ2) is 11.5. The highest BCUT2D eigenvalue weighted by atomic mass is 16.6. The number of fused-ring (bicyclic) bond motifs is 1. The van der Waals surface area contributed by atoms with Crippen molar-refractivity contribution in [3.8, 4) is 23.0 Å². The summed E-state index contributed by atoms with van der Waals surface area (Å²) in [5.74, 6) is 0.925. The van der Waals surface area contributed by atoms with Gasteiger partial charge in [-0.25, -0.2) is 0 Å². The van der Waals surface area contributed by atoms with Crippen molar-refractivity contribution in [1.29, 1.82) is 0 Å². The molecule has 2 atom stereocenters. The van der Waals surface area contributed by atoms with E-state index in [1.165, 1.54) is 17.0 Å². The van der Waals surface area contributed by atoms with Crippen molar-refractivity contribution in [1.82, 2.24) is 5.32 Å². The number of nitrogens with zero attached hydrogens (tertiary/aromatic N) is 1. The smallest absolute Gasteiger partial charge is 0.272 e. The predicted octanol–water partition coefficient (Wildman–Crippen LogP) is 4.76. The molecule has 5 rings (SSSR count). The van der Waals surface area contributed by atoms with Crippen molar-refractivity contribution in [3.63, 3.8) is 0 Å². The van der Waals surface area contributed by atoms with Gasteiger partial charge in [0, 0.05) is 17.8 Å². The largest absolute Gasteiger partial charge is 0.508 e. The number of rotatable bonds is 7. The molecule has 1 fully saturated rings. The molecule has 1 aliphatic heterocycles. The third-order valence-corrected chi connectivity index (χ3v) is 7.02. The van der Waals surface area contributed by atoms with Crippen molar-refractivity contribution in [2.75, 3.05) is 18.6 Å². The third kappa shape index (κ3) is 5.54. The minimum Gasteiger partial charge on any atom is -0.508 e. The standard InChI is InChI=1S/C30H32N2O6/c1-36-24-11-7-10-22(18-24)32(30(35)27-19-37-25-12-5-6-13-26(25)38-27)28(20-14-16-23(33)17-15-20)29(34)31-21-8-3-2-4-9-21/h5-7,10-18,21,27-28,33H,2-4,8-9,19H2,1H3,(H,31,34). The highest BCUT2D eigenvalue weighted by Gasteiger charge is 2.40. The molecular formula is C30H32N2O6. The minimum absolute atomic E-state index is 0.00283. The first-order valence-corrected chi connectivity index (χ1v) is 13.0. The predicted molar refractivity (Wildman–Crippen MR) is 143 cm³/mol. The molecule has 2 amide bonds. The summed E-state index contributed by atoms with van der Waals surface area (Å²) >= 11 is 0. The molecule has 1 aliphatic carbocycles. The Labute approximate surface area is 222 Å². The van der Waals surface area contributed by atoms with E-state index < -0.39 is 18.1 Å². The molecule has 0 aromatic heterocycles. The zero-order valence-electron chi connectivity index (χ0n) is 21.3. The Morgan fingerprint density at radius 2 is 1.71 bits per heavy atom. The van der Waals surface area contributed by atoms with Gasteiger partial charge in [-0.05, 0) is 54.8 Å². The maximum absolute atomic E-state index is 14.2. The van der Waals surface area contributed by atoms with Crippen molar-refractivity contribution in [3.05, 3.63) is 78.4 Å². The van der Waals surface area contributed by atoms with E-state index in [9.17, 15) is 14.7 Å². The van der Waals surface area contributed by atoms with E-state index in [4.69, 9.17) is 14.2 Å². The van der Waals surface area contributed by atoms with Gasteiger partial charge in [-0.1, -0.05) is 49.6 Å². The lowest BCUT2D eigenvalue weighted by Gasteiger charge is -2.36. The van der Waals surface area contributed by atoms with E-state index in [0.717, 1.165) is 32.1 Å². The molecule has 2 unspecified atom stereocenters. The number of ether oxygens (including phenoxy) is 3. The second-order valence-electron chi connectivity index (χ2n) is 9.61. The molecule has 38 heavy (non-hydrogen) atoms. The van der Waals surface area contributed by atoms with E-state index in [1.54, 1.807) is 55.6 Å². The first-order valence-electron chi connectivity index (χ1n) is 13.0. The van der Waals surface area contributed by atoms with E-state index in [2.05, 4.69) is 5.32 Å². The number of benzene rings is 3. The number of carbonyl (C=O) groups is 2. The molecule has 198 valence electrons. The van der Waals surface area contributed by atoms with Gasteiger partial charge < -0.3 is 24.6 Å². The lowest BCUT2D eigenvalue weighted by atomic mass is 9.94. The maximum atomic E-state index is 14.2. The SMILES string of the molecule is COc1cccc(N(C(=O)C2COc3ccccc3O2)C(C(=O)NC2CCCCC2)c2ccc(O)cc2)c1. The molecule has 0 bridgehead atoms. The lowest BCUT2D eigenvalue weighted by molar-refractivity contribution is -0.132. The monoisotopic (exact) mass is 516 g/mol. The summed E-state index contributed by atoms with van der Waals surface area (Å²) in [4.78, 5) is 29.7. The Morgan fingerprint density at radius 3 is 2.45 bits per heavy atom. The highest BCUT2D eigenvalue weighted by molar-refractivity contribution is 6.03. The Kier molecular flexibility index (Phi) is 7.67. The van der Waals surface area contributed by atoms with Crippen LogP contribution in [0.4, 0.5) is 5.69 Å². The van der Waals surface area contributed by atoms with Gasteiger partial charge in [0.1, 0.15) is 24.1 Å². The van der Waals surface area contributed by atoms with Gasteiger partial charge in [0.05, 0.1) is 7.11 Å². The van der Waals surface area contributed by atoms with Crippen molar-refractivity contribution >= 4 is 17.5 Å². The molecule has 0 radical (unpaired) electrons. The van der Waals surface area contributed by atoms with Crippen LogP contribution < -0.4 is 24.4 Å². The quantitative estimate of drug-likeness (QED) is 0.470. The number of amides is 2. The van der Waals surface area contributed by atoms with Gasteiger partial charge in [-0.15, -0.1) is 0 Å². The Balaban J connectivity index is 1.56. The molecule has 2 aliphatic rings. The molecule has 1 saturated carbocycles. The number of phenolic OH excluding ortho intramolecular Hbond substituents is 1. The number of methoxy groups -OCH3 is 1. The Hall–Kier alpha value is -4.20. The average Bonchev–Trinajstić information content (AvgIpc) is 2.96. The molecule has 2 N–H and O–H groups in total. The van der Waals surface area contributed by atoms with Crippen LogP contribution in [0.15, 0.2) is 72.8 Å². The summed E-state index contributed by atoms with van der Waals surface area (Å²) in [5, 5.41) is 13.1. The maximum Gasteiger partial charge on any atom is 0.272 e. The van der Waals surface area contributed by atoms with Crippen LogP contribution in [0.5, 0.6) is 23.0 Å². The molecule has 8 nitrogen and oxygen atoms in total. The molecule has 3 aromatic rings. The van der Waals surface area contributed by atoms with Gasteiger partial charge in [-0.3, -0.25) is 14.5 Å². The number of aromatic hydroxyl groups is 1. The fraction of sp³-hybridized carbons (Fsp3) is 0.333. The zero-order chi connectivity index (χ0) is 26.5. The topological polar surface area (TPSA) is 97.3 Å². The van der Waals surface area contributed by atoms with Gasteiger partial charge in [0.25, 0.3) is 5.91 Å². The van der Waals surface area contributed by atoms with Crippen molar-refractivity contribution in [2.45, 2.75) is 50.3 Å². The van der Waals surface area contributed by atoms with E-state index in [-0.39, 0.29) is 24.3 Å². The molecule has 0 saturated heterocycles. The number of hydrogen-bond donors (Lipinski definition) is 2. The highest BCUT2D eigenvalue weighted by Crippen LogP contribution is 2.36. The summed E-state index contributed by atoms with van der Waals surface area (Å²) in [6, 6.07) is 19.6. The normalized spacial score (nSPS) is 17.8. The Morgan fingerprint density at radius 1 is 0.974 bits per heavy atom. The van der Waals surface area contributed by atoms with Gasteiger partial charge >= 0.3 is 0 Å². The zero-order valence-corrected chi connectivity index (χ0v) is 21.3. The van der Waals surface area contributed by atoms with Crippen LogP contribution in [-0.4, -0.2) is 42.8 Å². The summed E-state index contributed by atoms with van der Waals surface area (Å²) in [6.07, 6.45) is 4.09. The first-order chi connectivity index (χ1) is 18.5.